The molecule has 1 aromatic rings. The van der Waals surface area contributed by atoms with Gasteiger partial charge in [0.1, 0.15) is 4.99 Å². The second-order valence-corrected chi connectivity index (χ2v) is 5.08. The van der Waals surface area contributed by atoms with Crippen LogP contribution in [0, 0.1) is 11.6 Å². The van der Waals surface area contributed by atoms with E-state index in [-0.39, 0.29) is 22.7 Å². The molecule has 0 radical (unpaired) electrons. The lowest BCUT2D eigenvalue weighted by molar-refractivity contribution is 0.226. The Morgan fingerprint density at radius 2 is 2.11 bits per heavy atom. The van der Waals surface area contributed by atoms with Crippen LogP contribution < -0.4 is 11.1 Å². The molecule has 6 heteroatoms. The van der Waals surface area contributed by atoms with Crippen LogP contribution in [-0.4, -0.2) is 10.7 Å². The topological polar surface area (TPSA) is 38.0 Å². The number of nitrogens with one attached hydrogen (secondary N) is 1. The number of rotatable bonds is 1. The van der Waals surface area contributed by atoms with Gasteiger partial charge in [-0.1, -0.05) is 12.2 Å². The van der Waals surface area contributed by atoms with Crippen LogP contribution in [-0.2, 0) is 0 Å². The first-order chi connectivity index (χ1) is 8.31. The van der Waals surface area contributed by atoms with Gasteiger partial charge in [-0.25, -0.2) is 13.2 Å². The van der Waals surface area contributed by atoms with Gasteiger partial charge in [0.15, 0.2) is 17.3 Å². The van der Waals surface area contributed by atoms with Crippen molar-refractivity contribution in [2.24, 2.45) is 0 Å². The first-order valence-corrected chi connectivity index (χ1v) is 5.96. The number of nitrogen functional groups attached to an aromatic ring is 1. The fourth-order valence-corrected chi connectivity index (χ4v) is 2.27. The number of thiocarbonyl (C=S) groups is 1. The zero-order valence-corrected chi connectivity index (χ0v) is 10.6. The quantitative estimate of drug-likeness (QED) is 0.610. The summed E-state index contributed by atoms with van der Waals surface area (Å²) in [4.78, 5) is 0.0148. The van der Waals surface area contributed by atoms with E-state index in [0.29, 0.717) is 6.42 Å². The van der Waals surface area contributed by atoms with Gasteiger partial charge in [-0.05, 0) is 31.9 Å². The van der Waals surface area contributed by atoms with E-state index in [9.17, 15) is 13.2 Å². The van der Waals surface area contributed by atoms with E-state index in [1.165, 1.54) is 13.0 Å². The predicted octanol–water partition coefficient (Wildman–Crippen LogP) is 3.03. The molecule has 0 aromatic heterocycles. The highest BCUT2D eigenvalue weighted by Crippen LogP contribution is 2.34. The maximum absolute atomic E-state index is 13.8. The van der Waals surface area contributed by atoms with Crippen LogP contribution in [0.1, 0.15) is 31.4 Å². The molecule has 1 fully saturated rings. The van der Waals surface area contributed by atoms with Crippen molar-refractivity contribution in [3.05, 3.63) is 29.3 Å². The Kier molecular flexibility index (Phi) is 3.23. The Balaban J connectivity index is 2.32. The molecule has 0 bridgehead atoms. The highest BCUT2D eigenvalue weighted by Gasteiger charge is 2.37. The van der Waals surface area contributed by atoms with Crippen molar-refractivity contribution in [3.63, 3.8) is 0 Å². The van der Waals surface area contributed by atoms with Crippen molar-refractivity contribution in [1.29, 1.82) is 0 Å². The molecule has 1 heterocycles. The average Bonchev–Trinajstić information content (AvgIpc) is 2.27. The molecule has 2 rings (SSSR count). The fraction of sp³-hybridized carbons (Fsp3) is 0.417. The minimum Gasteiger partial charge on any atom is -0.399 e. The third kappa shape index (κ3) is 2.29. The van der Waals surface area contributed by atoms with Gasteiger partial charge in [0.05, 0.1) is 6.04 Å². The summed E-state index contributed by atoms with van der Waals surface area (Å²) in [6, 6.07) is 1.72. The number of hydrogen-bond donors (Lipinski definition) is 2. The molecule has 1 saturated heterocycles. The molecule has 18 heavy (non-hydrogen) atoms. The summed E-state index contributed by atoms with van der Waals surface area (Å²) in [7, 11) is 0. The Hall–Kier alpha value is -1.30. The molecule has 3 N–H and O–H groups in total. The smallest absolute Gasteiger partial charge is 0.164 e. The lowest BCUT2D eigenvalue weighted by Gasteiger charge is -2.34. The number of anilines is 1. The molecule has 1 aliphatic heterocycles. The summed E-state index contributed by atoms with van der Waals surface area (Å²) in [6.07, 6.45) is 0.492. The molecule has 1 aliphatic rings. The van der Waals surface area contributed by atoms with Crippen LogP contribution in [0.3, 0.4) is 0 Å². The van der Waals surface area contributed by atoms with Gasteiger partial charge in [-0.3, -0.25) is 0 Å². The van der Waals surface area contributed by atoms with Crippen LogP contribution >= 0.6 is 12.2 Å². The van der Waals surface area contributed by atoms with Gasteiger partial charge in [0.25, 0.3) is 0 Å². The summed E-state index contributed by atoms with van der Waals surface area (Å²) < 4.78 is 40.7. The number of hydrogen-bond acceptors (Lipinski definition) is 2. The Bertz CT molecular complexity index is 502. The predicted molar refractivity (Wildman–Crippen MR) is 68.0 cm³/mol. The second kappa shape index (κ2) is 4.42. The first-order valence-electron chi connectivity index (χ1n) is 5.55. The van der Waals surface area contributed by atoms with Gasteiger partial charge in [0.2, 0.25) is 0 Å². The van der Waals surface area contributed by atoms with E-state index in [0.717, 1.165) is 6.07 Å². The molecule has 98 valence electrons. The SMILES string of the molecule is CC1(F)CCC(c2cc(N)cc(F)c2F)NC1=S. The van der Waals surface area contributed by atoms with Crippen LogP contribution in [0.5, 0.6) is 0 Å². The van der Waals surface area contributed by atoms with Gasteiger partial charge < -0.3 is 11.1 Å². The van der Waals surface area contributed by atoms with E-state index in [1.807, 2.05) is 0 Å². The maximum Gasteiger partial charge on any atom is 0.164 e. The largest absolute Gasteiger partial charge is 0.399 e. The molecule has 0 amide bonds. The number of benzene rings is 1. The van der Waals surface area contributed by atoms with Gasteiger partial charge in [-0.15, -0.1) is 0 Å². The summed E-state index contributed by atoms with van der Waals surface area (Å²) in [6.45, 7) is 1.37. The summed E-state index contributed by atoms with van der Waals surface area (Å²) in [5.74, 6) is -1.97. The van der Waals surface area contributed by atoms with Crippen molar-refractivity contribution in [2.75, 3.05) is 5.73 Å². The number of piperidine rings is 1. The van der Waals surface area contributed by atoms with Crippen molar-refractivity contribution in [2.45, 2.75) is 31.5 Å². The molecule has 0 spiro atoms. The normalized spacial score (nSPS) is 28.0. The summed E-state index contributed by atoms with van der Waals surface area (Å²) >= 11 is 4.89. The van der Waals surface area contributed by atoms with Crippen LogP contribution in [0.4, 0.5) is 18.9 Å². The third-order valence-electron chi connectivity index (χ3n) is 3.14. The highest BCUT2D eigenvalue weighted by molar-refractivity contribution is 7.80. The Morgan fingerprint density at radius 3 is 2.72 bits per heavy atom. The first kappa shape index (κ1) is 13.1. The number of alkyl halides is 1. The molecular weight excluding hydrogens is 261 g/mol. The zero-order valence-electron chi connectivity index (χ0n) is 9.77. The number of nitrogens with two attached hydrogens (primary N) is 1. The Morgan fingerprint density at radius 1 is 1.44 bits per heavy atom. The Labute approximate surface area is 108 Å². The van der Waals surface area contributed by atoms with E-state index in [1.54, 1.807) is 0 Å². The van der Waals surface area contributed by atoms with Crippen molar-refractivity contribution in [1.82, 2.24) is 5.32 Å². The van der Waals surface area contributed by atoms with Gasteiger partial charge >= 0.3 is 0 Å². The molecule has 1 aromatic carbocycles. The number of halogens is 3. The zero-order chi connectivity index (χ0) is 13.5. The molecule has 2 unspecified atom stereocenters. The summed E-state index contributed by atoms with van der Waals surface area (Å²) in [5.41, 5.74) is 4.10. The molecule has 0 saturated carbocycles. The van der Waals surface area contributed by atoms with E-state index < -0.39 is 23.3 Å². The minimum atomic E-state index is -1.60. The van der Waals surface area contributed by atoms with Gasteiger partial charge in [0, 0.05) is 11.3 Å². The minimum absolute atomic E-state index is 0.0148. The van der Waals surface area contributed by atoms with Crippen LogP contribution in [0.15, 0.2) is 12.1 Å². The van der Waals surface area contributed by atoms with Crippen molar-refractivity contribution < 1.29 is 13.2 Å². The fourth-order valence-electron chi connectivity index (χ4n) is 2.03. The van der Waals surface area contributed by atoms with Crippen molar-refractivity contribution in [3.8, 4) is 0 Å². The van der Waals surface area contributed by atoms with Crippen molar-refractivity contribution >= 4 is 22.9 Å². The maximum atomic E-state index is 13.8. The lowest BCUT2D eigenvalue weighted by Crippen LogP contribution is -2.46. The lowest BCUT2D eigenvalue weighted by atomic mass is 9.89. The van der Waals surface area contributed by atoms with Crippen LogP contribution in [0.25, 0.3) is 0 Å². The molecular formula is C12H13F3N2S. The van der Waals surface area contributed by atoms with E-state index >= 15 is 0 Å². The highest BCUT2D eigenvalue weighted by atomic mass is 32.1. The van der Waals surface area contributed by atoms with Crippen LogP contribution in [0.2, 0.25) is 0 Å². The van der Waals surface area contributed by atoms with E-state index in [2.05, 4.69) is 5.32 Å². The molecule has 2 atom stereocenters. The standard InChI is InChI=1S/C12H13F3N2S/c1-12(15)3-2-9(17-11(12)18)7-4-6(16)5-8(13)10(7)14/h4-5,9H,2-3,16H2,1H3,(H,17,18). The molecule has 2 nitrogen and oxygen atoms in total. The second-order valence-electron chi connectivity index (χ2n) is 4.67. The van der Waals surface area contributed by atoms with E-state index in [4.69, 9.17) is 18.0 Å². The van der Waals surface area contributed by atoms with Gasteiger partial charge in [-0.2, -0.15) is 0 Å². The monoisotopic (exact) mass is 274 g/mol. The summed E-state index contributed by atoms with van der Waals surface area (Å²) in [5, 5.41) is 2.71. The average molecular weight is 274 g/mol. The molecule has 0 aliphatic carbocycles. The third-order valence-corrected chi connectivity index (χ3v) is 3.68.